The number of carbonyl (C=O) groups excluding carboxylic acids is 3. The number of nitrogens with one attached hydrogen (secondary N) is 2. The zero-order valence-corrected chi connectivity index (χ0v) is 21.9. The van der Waals surface area contributed by atoms with Crippen molar-refractivity contribution in [2.24, 2.45) is 0 Å². The smallest absolute Gasteiger partial charge is 0.268 e. The first-order chi connectivity index (χ1) is 17.4. The quantitative estimate of drug-likeness (QED) is 0.420. The molecule has 0 saturated carbocycles. The van der Waals surface area contributed by atoms with Crippen LogP contribution >= 0.6 is 0 Å². The Balaban J connectivity index is 0.00000176. The number of benzene rings is 2. The second-order valence-electron chi connectivity index (χ2n) is 8.47. The molecule has 1 aromatic heterocycles. The lowest BCUT2D eigenvalue weighted by Gasteiger charge is -2.23. The monoisotopic (exact) mass is 488 g/mol. The standard InChI is InChI=1S/C27H30N4O3.C2H6/c1-4-6-7-25(32)31(13-5-2)22-17-21(11-8-18(22)3)29-26(33)20-10-9-19-15-24-27(34)28-12-14-30(24)23(19)16-20;1-2/h6-11,15-17H,4-5,12-14H2,1-3H3,(H,28,34)(H,29,33);1-2H3/b7-6+;. The molecule has 36 heavy (non-hydrogen) atoms. The van der Waals surface area contributed by atoms with Crippen LogP contribution in [0.2, 0.25) is 0 Å². The molecule has 2 aromatic carbocycles. The SMILES string of the molecule is CC.CC/C=C/C(=O)N(CCC)c1cc(NC(=O)c2ccc3cc4n(c3c2)CCNC4=O)ccc1C. The van der Waals surface area contributed by atoms with Crippen LogP contribution < -0.4 is 15.5 Å². The molecule has 2 N–H and O–H groups in total. The number of hydrogen-bond donors (Lipinski definition) is 2. The third-order valence-corrected chi connectivity index (χ3v) is 5.99. The van der Waals surface area contributed by atoms with Crippen molar-refractivity contribution in [1.29, 1.82) is 0 Å². The van der Waals surface area contributed by atoms with Crippen LogP contribution in [-0.4, -0.2) is 35.4 Å². The number of anilines is 2. The molecule has 0 radical (unpaired) electrons. The van der Waals surface area contributed by atoms with Crippen molar-refractivity contribution >= 4 is 40.0 Å². The average Bonchev–Trinajstić information content (AvgIpc) is 3.27. The van der Waals surface area contributed by atoms with E-state index in [2.05, 4.69) is 10.6 Å². The molecule has 7 heteroatoms. The summed E-state index contributed by atoms with van der Waals surface area (Å²) in [5.74, 6) is -0.407. The molecule has 7 nitrogen and oxygen atoms in total. The number of carbonyl (C=O) groups is 3. The van der Waals surface area contributed by atoms with Gasteiger partial charge in [0.15, 0.2) is 0 Å². The van der Waals surface area contributed by atoms with E-state index in [1.807, 2.05) is 81.7 Å². The number of hydrogen-bond acceptors (Lipinski definition) is 3. The maximum Gasteiger partial charge on any atom is 0.268 e. The summed E-state index contributed by atoms with van der Waals surface area (Å²) < 4.78 is 1.95. The predicted octanol–water partition coefficient (Wildman–Crippen LogP) is 5.68. The first-order valence-corrected chi connectivity index (χ1v) is 12.7. The van der Waals surface area contributed by atoms with E-state index >= 15 is 0 Å². The van der Waals surface area contributed by atoms with E-state index < -0.39 is 0 Å². The molecule has 1 aliphatic heterocycles. The number of fused-ring (bicyclic) bond motifs is 3. The maximum atomic E-state index is 13.1. The van der Waals surface area contributed by atoms with E-state index in [1.54, 1.807) is 17.0 Å². The van der Waals surface area contributed by atoms with Crippen molar-refractivity contribution in [3.05, 3.63) is 71.4 Å². The molecule has 0 atom stereocenters. The number of nitrogens with zero attached hydrogens (tertiary/aromatic N) is 2. The third-order valence-electron chi connectivity index (χ3n) is 5.99. The first kappa shape index (κ1) is 26.7. The van der Waals surface area contributed by atoms with Gasteiger partial charge in [0.05, 0.1) is 0 Å². The molecule has 4 rings (SSSR count). The summed E-state index contributed by atoms with van der Waals surface area (Å²) in [4.78, 5) is 39.7. The summed E-state index contributed by atoms with van der Waals surface area (Å²) in [5.41, 5.74) is 4.35. The molecule has 2 heterocycles. The van der Waals surface area contributed by atoms with Gasteiger partial charge in [-0.2, -0.15) is 0 Å². The van der Waals surface area contributed by atoms with Crippen LogP contribution in [0.4, 0.5) is 11.4 Å². The summed E-state index contributed by atoms with van der Waals surface area (Å²) >= 11 is 0. The van der Waals surface area contributed by atoms with Crippen LogP contribution in [0.1, 0.15) is 66.9 Å². The fourth-order valence-electron chi connectivity index (χ4n) is 4.26. The molecule has 0 spiro atoms. The van der Waals surface area contributed by atoms with Gasteiger partial charge < -0.3 is 20.1 Å². The Morgan fingerprint density at radius 2 is 1.89 bits per heavy atom. The van der Waals surface area contributed by atoms with Gasteiger partial charge in [0.25, 0.3) is 17.7 Å². The van der Waals surface area contributed by atoms with Crippen LogP contribution in [0.3, 0.4) is 0 Å². The van der Waals surface area contributed by atoms with Crippen molar-refractivity contribution in [1.82, 2.24) is 9.88 Å². The largest absolute Gasteiger partial charge is 0.349 e. The molecular formula is C29H36N4O3. The van der Waals surface area contributed by atoms with E-state index in [9.17, 15) is 14.4 Å². The molecule has 3 aromatic rings. The molecule has 190 valence electrons. The van der Waals surface area contributed by atoms with Crippen molar-refractivity contribution in [2.45, 2.75) is 54.0 Å². The highest BCUT2D eigenvalue weighted by atomic mass is 16.2. The highest BCUT2D eigenvalue weighted by molar-refractivity contribution is 6.08. The van der Waals surface area contributed by atoms with E-state index in [4.69, 9.17) is 0 Å². The number of aromatic nitrogens is 1. The Morgan fingerprint density at radius 1 is 1.11 bits per heavy atom. The Labute approximate surface area is 213 Å². The fourth-order valence-corrected chi connectivity index (χ4v) is 4.26. The normalized spacial score (nSPS) is 12.5. The molecule has 0 unspecified atom stereocenters. The Morgan fingerprint density at radius 3 is 2.61 bits per heavy atom. The van der Waals surface area contributed by atoms with Gasteiger partial charge >= 0.3 is 0 Å². The van der Waals surface area contributed by atoms with Gasteiger partial charge in [0.1, 0.15) is 5.69 Å². The van der Waals surface area contributed by atoms with Crippen LogP contribution in [-0.2, 0) is 11.3 Å². The van der Waals surface area contributed by atoms with Gasteiger partial charge in [-0.3, -0.25) is 14.4 Å². The van der Waals surface area contributed by atoms with Gasteiger partial charge in [-0.15, -0.1) is 0 Å². The van der Waals surface area contributed by atoms with Gasteiger partial charge in [0, 0.05) is 47.5 Å². The lowest BCUT2D eigenvalue weighted by Crippen LogP contribution is -2.34. The van der Waals surface area contributed by atoms with Crippen LogP contribution in [0.5, 0.6) is 0 Å². The highest BCUT2D eigenvalue weighted by Crippen LogP contribution is 2.27. The van der Waals surface area contributed by atoms with Crippen molar-refractivity contribution in [3.63, 3.8) is 0 Å². The van der Waals surface area contributed by atoms with Crippen molar-refractivity contribution in [2.75, 3.05) is 23.3 Å². The minimum atomic E-state index is -0.244. The first-order valence-electron chi connectivity index (χ1n) is 12.7. The molecule has 1 aliphatic rings. The second kappa shape index (κ2) is 12.2. The summed E-state index contributed by atoms with van der Waals surface area (Å²) in [6.45, 7) is 11.8. The molecule has 3 amide bonds. The molecule has 0 aliphatic carbocycles. The second-order valence-corrected chi connectivity index (χ2v) is 8.47. The summed E-state index contributed by atoms with van der Waals surface area (Å²) in [6, 6.07) is 12.9. The van der Waals surface area contributed by atoms with Gasteiger partial charge in [-0.25, -0.2) is 0 Å². The van der Waals surface area contributed by atoms with Crippen LogP contribution in [0.25, 0.3) is 10.9 Å². The maximum absolute atomic E-state index is 13.1. The minimum Gasteiger partial charge on any atom is -0.349 e. The summed E-state index contributed by atoms with van der Waals surface area (Å²) in [7, 11) is 0. The van der Waals surface area contributed by atoms with Gasteiger partial charge in [0.2, 0.25) is 0 Å². The topological polar surface area (TPSA) is 83.4 Å². The summed E-state index contributed by atoms with van der Waals surface area (Å²) in [6.07, 6.45) is 5.07. The molecular weight excluding hydrogens is 452 g/mol. The fraction of sp³-hybridized carbons (Fsp3) is 0.345. The Hall–Kier alpha value is -3.87. The molecule has 0 saturated heterocycles. The Kier molecular flexibility index (Phi) is 9.06. The van der Waals surface area contributed by atoms with Crippen LogP contribution in [0.15, 0.2) is 54.6 Å². The third kappa shape index (κ3) is 5.67. The number of rotatable bonds is 7. The Bertz CT molecular complexity index is 1290. The lowest BCUT2D eigenvalue weighted by molar-refractivity contribution is -0.114. The van der Waals surface area contributed by atoms with E-state index in [0.29, 0.717) is 36.6 Å². The number of allylic oxidation sites excluding steroid dienone is 1. The number of aryl methyl sites for hydroxylation is 1. The van der Waals surface area contributed by atoms with Gasteiger partial charge in [-0.1, -0.05) is 45.9 Å². The zero-order valence-electron chi connectivity index (χ0n) is 21.9. The zero-order chi connectivity index (χ0) is 26.2. The minimum absolute atomic E-state index is 0.0669. The number of amides is 3. The van der Waals surface area contributed by atoms with E-state index in [-0.39, 0.29) is 17.7 Å². The predicted molar refractivity (Wildman–Crippen MR) is 147 cm³/mol. The molecule has 0 bridgehead atoms. The van der Waals surface area contributed by atoms with Crippen molar-refractivity contribution < 1.29 is 14.4 Å². The van der Waals surface area contributed by atoms with E-state index in [1.165, 1.54) is 0 Å². The van der Waals surface area contributed by atoms with E-state index in [0.717, 1.165) is 35.0 Å². The van der Waals surface area contributed by atoms with Crippen molar-refractivity contribution in [3.8, 4) is 0 Å². The average molecular weight is 489 g/mol. The summed E-state index contributed by atoms with van der Waals surface area (Å²) in [5, 5.41) is 6.74. The lowest BCUT2D eigenvalue weighted by atomic mass is 10.1. The molecule has 0 fully saturated rings. The van der Waals surface area contributed by atoms with Gasteiger partial charge in [-0.05, 0) is 61.7 Å². The highest BCUT2D eigenvalue weighted by Gasteiger charge is 2.21. The van der Waals surface area contributed by atoms with Crippen LogP contribution in [0, 0.1) is 6.92 Å².